The maximum atomic E-state index is 11.6. The molecule has 0 unspecified atom stereocenters. The van der Waals surface area contributed by atoms with Gasteiger partial charge in [0.25, 0.3) is 0 Å². The van der Waals surface area contributed by atoms with Crippen molar-refractivity contribution in [3.8, 4) is 321 Å². The van der Waals surface area contributed by atoms with Crippen LogP contribution in [0.5, 0.6) is 0 Å². The molecule has 0 saturated heterocycles. The van der Waals surface area contributed by atoms with Gasteiger partial charge in [0.05, 0.1) is 0 Å². The third kappa shape index (κ3) is 47.9. The molecule has 0 aliphatic rings. The molecule has 0 fully saturated rings. The second kappa shape index (κ2) is 43.9. The third-order valence-electron chi connectivity index (χ3n) is 5.64. The fourth-order valence-corrected chi connectivity index (χ4v) is 2.40. The van der Waals surface area contributed by atoms with E-state index >= 15 is 0 Å². The summed E-state index contributed by atoms with van der Waals surface area (Å²) in [5, 5.41) is 0. The van der Waals surface area contributed by atoms with E-state index in [-0.39, 0.29) is 10.8 Å². The fourth-order valence-electron chi connectivity index (χ4n) is 2.40. The maximum Gasteiger partial charge on any atom is 0.138 e. The van der Waals surface area contributed by atoms with Crippen LogP contribution in [0.1, 0.15) is 54.4 Å². The molecule has 0 aromatic heterocycles. The minimum absolute atomic E-state index is 0.171. The van der Waals surface area contributed by atoms with Crippen molar-refractivity contribution in [1.29, 1.82) is 0 Å². The van der Waals surface area contributed by atoms with Gasteiger partial charge in [0, 0.05) is 225 Å². The average molecular weight is 821 g/mol. The number of rotatable bonds is 3. The molecule has 0 amide bonds. The van der Waals surface area contributed by atoms with Gasteiger partial charge in [0.15, 0.2) is 0 Å². The van der Waals surface area contributed by atoms with E-state index in [4.69, 9.17) is 12.8 Å². The molecule has 0 aromatic rings. The average Bonchev–Trinajstić information content (AvgIpc) is 3.29. The van der Waals surface area contributed by atoms with Crippen molar-refractivity contribution in [3.05, 3.63) is 0 Å². The zero-order valence-corrected chi connectivity index (χ0v) is 36.5. The van der Waals surface area contributed by atoms with Crippen molar-refractivity contribution in [2.45, 2.75) is 54.4 Å². The smallest absolute Gasteiger partial charge is 0.138 e. The molecular formula is C65H24O. The molecule has 290 valence electrons. The van der Waals surface area contributed by atoms with Crippen molar-refractivity contribution >= 4 is 5.78 Å². The highest BCUT2D eigenvalue weighted by molar-refractivity contribution is 5.84. The van der Waals surface area contributed by atoms with Crippen LogP contribution in [0.15, 0.2) is 0 Å². The van der Waals surface area contributed by atoms with E-state index in [9.17, 15) is 4.79 Å². The molecule has 1 nitrogen and oxygen atoms in total. The predicted molar refractivity (Wildman–Crippen MR) is 265 cm³/mol. The maximum absolute atomic E-state index is 11.6. The van der Waals surface area contributed by atoms with Gasteiger partial charge in [-0.05, 0) is 100 Å². The van der Waals surface area contributed by atoms with Crippen LogP contribution in [-0.2, 0) is 4.79 Å². The lowest BCUT2D eigenvalue weighted by Gasteiger charge is -2.26. The lowest BCUT2D eigenvalue weighted by Crippen LogP contribution is -2.26. The van der Waals surface area contributed by atoms with Gasteiger partial charge in [0.2, 0.25) is 0 Å². The molecule has 0 spiro atoms. The van der Waals surface area contributed by atoms with Gasteiger partial charge < -0.3 is 0 Å². The van der Waals surface area contributed by atoms with Crippen LogP contribution in [0.25, 0.3) is 0 Å². The van der Waals surface area contributed by atoms with Gasteiger partial charge in [-0.3, -0.25) is 4.79 Å². The van der Waals surface area contributed by atoms with Crippen LogP contribution in [-0.4, -0.2) is 5.78 Å². The third-order valence-corrected chi connectivity index (χ3v) is 5.64. The van der Waals surface area contributed by atoms with Crippen LogP contribution in [0.3, 0.4) is 0 Å². The minimum Gasteiger partial charge on any atom is -0.299 e. The van der Waals surface area contributed by atoms with Crippen molar-refractivity contribution in [3.63, 3.8) is 0 Å². The van der Waals surface area contributed by atoms with Gasteiger partial charge in [0.1, 0.15) is 5.78 Å². The lowest BCUT2D eigenvalue weighted by atomic mass is 9.78. The first kappa shape index (κ1) is 55.9. The summed E-state index contributed by atoms with van der Waals surface area (Å²) in [5.74, 6) is 128. The zero-order valence-electron chi connectivity index (χ0n) is 36.5. The highest BCUT2D eigenvalue weighted by Crippen LogP contribution is 2.29. The van der Waals surface area contributed by atoms with Crippen LogP contribution in [0.4, 0.5) is 0 Å². The van der Waals surface area contributed by atoms with Crippen LogP contribution in [0.2, 0.25) is 0 Å². The van der Waals surface area contributed by atoms with Crippen molar-refractivity contribution in [2.75, 3.05) is 0 Å². The Labute approximate surface area is 394 Å². The van der Waals surface area contributed by atoms with E-state index in [1.54, 1.807) is 0 Å². The van der Waals surface area contributed by atoms with E-state index in [2.05, 4.69) is 329 Å². The van der Waals surface area contributed by atoms with Crippen molar-refractivity contribution < 1.29 is 4.79 Å². The van der Waals surface area contributed by atoms with E-state index in [0.717, 1.165) is 6.42 Å². The molecule has 0 bridgehead atoms. The second-order valence-electron chi connectivity index (χ2n) is 11.9. The molecule has 1 heteroatoms. The van der Waals surface area contributed by atoms with Gasteiger partial charge >= 0.3 is 0 Å². The molecule has 0 radical (unpaired) electrons. The molecule has 66 heavy (non-hydrogen) atoms. The SMILES string of the molecule is C#CC#CC#CC#CC#CC#CC#CC#CC#CC#CC#CC#CC#CC#CC#CC#CC#CC#CC#CC#CC#CC#CC#CC#CC#CC#CC#C.CCC(C)(C)CC(=O)C(C)(C)C. The van der Waals surface area contributed by atoms with Gasteiger partial charge in [-0.1, -0.05) is 48.0 Å². The summed E-state index contributed by atoms with van der Waals surface area (Å²) in [6.07, 6.45) is 11.6. The normalized spacial score (nSPS) is 5.58. The summed E-state index contributed by atoms with van der Waals surface area (Å²) >= 11 is 0. The van der Waals surface area contributed by atoms with Gasteiger partial charge in [-0.2, -0.15) is 0 Å². The van der Waals surface area contributed by atoms with E-state index in [1.165, 1.54) is 0 Å². The zero-order chi connectivity index (χ0) is 48.8. The molecule has 0 N–H and O–H groups in total. The predicted octanol–water partition coefficient (Wildman–Crippen LogP) is 3.77. The highest BCUT2D eigenvalue weighted by atomic mass is 16.1. The van der Waals surface area contributed by atoms with Crippen molar-refractivity contribution in [2.24, 2.45) is 10.8 Å². The van der Waals surface area contributed by atoms with Crippen LogP contribution >= 0.6 is 0 Å². The van der Waals surface area contributed by atoms with Crippen molar-refractivity contribution in [1.82, 2.24) is 0 Å². The molecule has 0 aliphatic heterocycles. The van der Waals surface area contributed by atoms with Gasteiger partial charge in [-0.15, -0.1) is 12.8 Å². The Balaban J connectivity index is 0. The molecular weight excluding hydrogens is 797 g/mol. The standard InChI is InChI=1S/C54H2.C11H22O/c1-3-5-7-9-11-13-15-17-19-21-23-25-27-29-31-33-35-37-39-41-43-45-47-49-51-53-54-52-50-48-46-44-42-40-38-36-34-32-30-28-26-24-22-20-18-16-14-12-10-8-6-4-2;1-7-11(5,6)8-9(12)10(2,3)4/h1-2H;7-8H2,1-6H3. The van der Waals surface area contributed by atoms with Crippen LogP contribution in [0, 0.1) is 332 Å². The summed E-state index contributed by atoms with van der Waals surface area (Å²) in [7, 11) is 0. The molecule has 0 aliphatic carbocycles. The number of terminal acetylenes is 2. The second-order valence-corrected chi connectivity index (χ2v) is 11.9. The number of ketones is 1. The van der Waals surface area contributed by atoms with Gasteiger partial charge in [-0.25, -0.2) is 0 Å². The number of carbonyl (C=O) groups is 1. The quantitative estimate of drug-likeness (QED) is 0.397. The summed E-state index contributed by atoms with van der Waals surface area (Å²) in [6, 6.07) is 0. The summed E-state index contributed by atoms with van der Waals surface area (Å²) in [4.78, 5) is 11.6. The number of hydrogen-bond acceptors (Lipinski definition) is 1. The largest absolute Gasteiger partial charge is 0.299 e. The summed E-state index contributed by atoms with van der Waals surface area (Å²) in [5.41, 5.74) is -0.00317. The molecule has 0 aromatic carbocycles. The first-order valence-corrected chi connectivity index (χ1v) is 18.0. The summed E-state index contributed by atoms with van der Waals surface area (Å²) < 4.78 is 0. The Bertz CT molecular complexity index is 3500. The molecule has 0 saturated carbocycles. The lowest BCUT2D eigenvalue weighted by molar-refractivity contribution is -0.128. The first-order valence-electron chi connectivity index (χ1n) is 18.0. The van der Waals surface area contributed by atoms with E-state index in [0.29, 0.717) is 12.2 Å². The Morgan fingerprint density at radius 3 is 0.485 bits per heavy atom. The molecule has 0 atom stereocenters. The minimum atomic E-state index is -0.174. The number of carbonyl (C=O) groups excluding carboxylic acids is 1. The number of hydrogen-bond donors (Lipinski definition) is 0. The fraction of sp³-hybridized carbons (Fsp3) is 0.154. The Morgan fingerprint density at radius 1 is 0.273 bits per heavy atom. The Hall–Kier alpha value is -12.2. The topological polar surface area (TPSA) is 17.1 Å². The molecule has 0 heterocycles. The monoisotopic (exact) mass is 820 g/mol. The first-order chi connectivity index (χ1) is 32.1. The van der Waals surface area contributed by atoms with Crippen LogP contribution < -0.4 is 0 Å². The molecule has 0 rings (SSSR count). The number of Topliss-reactive ketones (excluding diaryl/α,β-unsaturated/α-hetero) is 1. The van der Waals surface area contributed by atoms with E-state index < -0.39 is 0 Å². The highest BCUT2D eigenvalue weighted by Gasteiger charge is 2.27. The summed E-state index contributed by atoms with van der Waals surface area (Å²) in [6.45, 7) is 12.4. The van der Waals surface area contributed by atoms with E-state index in [1.807, 2.05) is 20.8 Å². The Kier molecular flexibility index (Phi) is 37.2. The Morgan fingerprint density at radius 2 is 0.394 bits per heavy atom.